The molecule has 1 aromatic carbocycles. The number of unbranched alkanes of at least 4 members (excludes halogenated alkanes) is 1. The lowest BCUT2D eigenvalue weighted by atomic mass is 10.1. The molecule has 112 valence electrons. The van der Waals surface area contributed by atoms with Gasteiger partial charge in [-0.2, -0.15) is 0 Å². The molecule has 1 unspecified atom stereocenters. The number of rotatable bonds is 7. The van der Waals surface area contributed by atoms with E-state index in [4.69, 9.17) is 10.5 Å². The second kappa shape index (κ2) is 7.78. The monoisotopic (exact) mass is 278 g/mol. The Morgan fingerprint density at radius 2 is 2.10 bits per heavy atom. The van der Waals surface area contributed by atoms with Gasteiger partial charge in [0.05, 0.1) is 24.0 Å². The van der Waals surface area contributed by atoms with E-state index in [1.807, 2.05) is 6.07 Å². The van der Waals surface area contributed by atoms with Crippen LogP contribution in [-0.4, -0.2) is 25.7 Å². The maximum atomic E-state index is 11.5. The molecular formula is C16H26N2O2. The van der Waals surface area contributed by atoms with E-state index >= 15 is 0 Å². The van der Waals surface area contributed by atoms with Crippen molar-refractivity contribution in [3.63, 3.8) is 0 Å². The molecule has 1 aromatic rings. The first-order valence-corrected chi connectivity index (χ1v) is 7.29. The number of esters is 1. The highest BCUT2D eigenvalue weighted by atomic mass is 16.5. The van der Waals surface area contributed by atoms with Crippen molar-refractivity contribution in [2.75, 3.05) is 24.3 Å². The summed E-state index contributed by atoms with van der Waals surface area (Å²) in [5.41, 5.74) is 8.25. The lowest BCUT2D eigenvalue weighted by Gasteiger charge is -2.32. The number of ether oxygens (including phenoxy) is 1. The highest BCUT2D eigenvalue weighted by Crippen LogP contribution is 2.27. The third-order valence-electron chi connectivity index (χ3n) is 3.63. The van der Waals surface area contributed by atoms with Crippen LogP contribution < -0.4 is 10.6 Å². The van der Waals surface area contributed by atoms with Gasteiger partial charge < -0.3 is 15.4 Å². The summed E-state index contributed by atoms with van der Waals surface area (Å²) in [5.74, 6) is -0.355. The Morgan fingerprint density at radius 1 is 1.40 bits per heavy atom. The summed E-state index contributed by atoms with van der Waals surface area (Å²) in [6, 6.07) is 5.82. The van der Waals surface area contributed by atoms with Crippen LogP contribution in [-0.2, 0) is 4.74 Å². The Kier molecular flexibility index (Phi) is 6.36. The zero-order chi connectivity index (χ0) is 15.1. The lowest BCUT2D eigenvalue weighted by Crippen LogP contribution is -2.34. The van der Waals surface area contributed by atoms with Crippen LogP contribution in [0.25, 0.3) is 0 Å². The van der Waals surface area contributed by atoms with Gasteiger partial charge >= 0.3 is 5.97 Å². The quantitative estimate of drug-likeness (QED) is 0.613. The second-order valence-electron chi connectivity index (χ2n) is 5.07. The molecule has 0 aliphatic rings. The average Bonchev–Trinajstić information content (AvgIpc) is 2.47. The number of anilines is 2. The van der Waals surface area contributed by atoms with Crippen LogP contribution >= 0.6 is 0 Å². The summed E-state index contributed by atoms with van der Waals surface area (Å²) in [7, 11) is 1.37. The Bertz CT molecular complexity index is 446. The second-order valence-corrected chi connectivity index (χ2v) is 5.07. The predicted molar refractivity (Wildman–Crippen MR) is 84.2 cm³/mol. The molecule has 0 bridgehead atoms. The molecule has 0 aliphatic heterocycles. The van der Waals surface area contributed by atoms with E-state index in [2.05, 4.69) is 25.7 Å². The number of methoxy groups -OCH3 is 1. The molecule has 2 N–H and O–H groups in total. The van der Waals surface area contributed by atoms with E-state index in [-0.39, 0.29) is 5.97 Å². The molecule has 4 heteroatoms. The van der Waals surface area contributed by atoms with E-state index < -0.39 is 0 Å². The topological polar surface area (TPSA) is 55.6 Å². The molecule has 0 fully saturated rings. The van der Waals surface area contributed by atoms with Crippen LogP contribution in [0.15, 0.2) is 18.2 Å². The minimum absolute atomic E-state index is 0.355. The van der Waals surface area contributed by atoms with Crippen LogP contribution in [0.4, 0.5) is 11.4 Å². The number of nitrogens with two attached hydrogens (primary N) is 1. The minimum atomic E-state index is -0.355. The number of nitrogen functional groups attached to an aromatic ring is 1. The fourth-order valence-corrected chi connectivity index (χ4v) is 2.19. The first kappa shape index (κ1) is 16.3. The maximum absolute atomic E-state index is 11.5. The summed E-state index contributed by atoms with van der Waals surface area (Å²) in [5, 5.41) is 0. The van der Waals surface area contributed by atoms with Crippen molar-refractivity contribution in [1.82, 2.24) is 0 Å². The molecule has 20 heavy (non-hydrogen) atoms. The number of benzene rings is 1. The van der Waals surface area contributed by atoms with E-state index in [1.54, 1.807) is 12.1 Å². The van der Waals surface area contributed by atoms with E-state index in [0.29, 0.717) is 17.3 Å². The Hall–Kier alpha value is -1.71. The number of hydrogen-bond donors (Lipinski definition) is 1. The van der Waals surface area contributed by atoms with Gasteiger partial charge in [-0.3, -0.25) is 0 Å². The van der Waals surface area contributed by atoms with E-state index in [0.717, 1.165) is 31.5 Å². The molecule has 0 heterocycles. The van der Waals surface area contributed by atoms with Crippen molar-refractivity contribution < 1.29 is 9.53 Å². The number of carbonyl (C=O) groups is 1. The van der Waals surface area contributed by atoms with Gasteiger partial charge in [-0.1, -0.05) is 20.3 Å². The Morgan fingerprint density at radius 3 is 2.60 bits per heavy atom. The van der Waals surface area contributed by atoms with Gasteiger partial charge in [0.25, 0.3) is 0 Å². The maximum Gasteiger partial charge on any atom is 0.337 e. The fourth-order valence-electron chi connectivity index (χ4n) is 2.19. The standard InChI is InChI=1S/C16H26N2O2/c1-5-7-10-18(12(3)6-2)15-9-8-13(11-14(15)17)16(19)20-4/h8-9,11-12H,5-7,10,17H2,1-4H3. The van der Waals surface area contributed by atoms with Crippen LogP contribution in [0.5, 0.6) is 0 Å². The Labute approximate surface area is 121 Å². The summed E-state index contributed by atoms with van der Waals surface area (Å²) < 4.78 is 4.72. The zero-order valence-electron chi connectivity index (χ0n) is 13.0. The first-order chi connectivity index (χ1) is 9.54. The van der Waals surface area contributed by atoms with Crippen LogP contribution in [0.1, 0.15) is 50.4 Å². The van der Waals surface area contributed by atoms with Crippen molar-refractivity contribution in [2.24, 2.45) is 0 Å². The van der Waals surface area contributed by atoms with Gasteiger partial charge in [-0.25, -0.2) is 4.79 Å². The van der Waals surface area contributed by atoms with Gasteiger partial charge in [0.15, 0.2) is 0 Å². The summed E-state index contributed by atoms with van der Waals surface area (Å²) in [6.45, 7) is 7.53. The van der Waals surface area contributed by atoms with Gasteiger partial charge in [0.1, 0.15) is 0 Å². The third-order valence-corrected chi connectivity index (χ3v) is 3.63. The summed E-state index contributed by atoms with van der Waals surface area (Å²) in [4.78, 5) is 13.8. The third kappa shape index (κ3) is 3.89. The van der Waals surface area contributed by atoms with E-state index in [9.17, 15) is 4.79 Å². The van der Waals surface area contributed by atoms with Crippen molar-refractivity contribution in [3.05, 3.63) is 23.8 Å². The molecule has 0 radical (unpaired) electrons. The predicted octanol–water partition coefficient (Wildman–Crippen LogP) is 3.46. The molecule has 1 rings (SSSR count). The molecular weight excluding hydrogens is 252 g/mol. The fraction of sp³-hybridized carbons (Fsp3) is 0.562. The average molecular weight is 278 g/mol. The Balaban J connectivity index is 3.04. The summed E-state index contributed by atoms with van der Waals surface area (Å²) >= 11 is 0. The number of nitrogens with zero attached hydrogens (tertiary/aromatic N) is 1. The van der Waals surface area contributed by atoms with Crippen LogP contribution in [0.2, 0.25) is 0 Å². The van der Waals surface area contributed by atoms with Crippen LogP contribution in [0, 0.1) is 0 Å². The van der Waals surface area contributed by atoms with Crippen molar-refractivity contribution in [1.29, 1.82) is 0 Å². The number of carbonyl (C=O) groups excluding carboxylic acids is 1. The molecule has 4 nitrogen and oxygen atoms in total. The van der Waals surface area contributed by atoms with Crippen LogP contribution in [0.3, 0.4) is 0 Å². The van der Waals surface area contributed by atoms with Crippen molar-refractivity contribution in [3.8, 4) is 0 Å². The minimum Gasteiger partial charge on any atom is -0.465 e. The smallest absolute Gasteiger partial charge is 0.337 e. The molecule has 0 aromatic heterocycles. The van der Waals surface area contributed by atoms with E-state index in [1.165, 1.54) is 7.11 Å². The highest BCUT2D eigenvalue weighted by Gasteiger charge is 2.16. The molecule has 0 amide bonds. The normalized spacial score (nSPS) is 12.0. The lowest BCUT2D eigenvalue weighted by molar-refractivity contribution is 0.0601. The molecule has 0 aliphatic carbocycles. The molecule has 0 spiro atoms. The first-order valence-electron chi connectivity index (χ1n) is 7.29. The van der Waals surface area contributed by atoms with Gasteiger partial charge in [0, 0.05) is 12.6 Å². The van der Waals surface area contributed by atoms with Gasteiger partial charge in [0.2, 0.25) is 0 Å². The van der Waals surface area contributed by atoms with Crippen molar-refractivity contribution >= 4 is 17.3 Å². The van der Waals surface area contributed by atoms with Gasteiger partial charge in [-0.05, 0) is 38.0 Å². The summed E-state index contributed by atoms with van der Waals surface area (Å²) in [6.07, 6.45) is 3.33. The SMILES string of the molecule is CCCCN(c1ccc(C(=O)OC)cc1N)C(C)CC. The highest BCUT2D eigenvalue weighted by molar-refractivity contribution is 5.92. The van der Waals surface area contributed by atoms with Gasteiger partial charge in [-0.15, -0.1) is 0 Å². The molecule has 1 atom stereocenters. The number of hydrogen-bond acceptors (Lipinski definition) is 4. The molecule has 0 saturated carbocycles. The zero-order valence-corrected chi connectivity index (χ0v) is 13.0. The molecule has 0 saturated heterocycles. The van der Waals surface area contributed by atoms with Crippen molar-refractivity contribution in [2.45, 2.75) is 46.1 Å². The largest absolute Gasteiger partial charge is 0.465 e.